The van der Waals surface area contributed by atoms with Crippen molar-refractivity contribution in [3.8, 4) is 0 Å². The summed E-state index contributed by atoms with van der Waals surface area (Å²) in [6.45, 7) is 13.6. The fourth-order valence-electron chi connectivity index (χ4n) is 2.40. The van der Waals surface area contributed by atoms with Crippen LogP contribution in [0.4, 0.5) is 4.79 Å². The molecule has 1 aliphatic heterocycles. The fraction of sp³-hybridized carbons (Fsp3) is 0.875. The zero-order valence-corrected chi connectivity index (χ0v) is 14.7. The second kappa shape index (κ2) is 6.44. The maximum Gasteiger partial charge on any atom is 0.408 e. The zero-order chi connectivity index (χ0) is 17.2. The van der Waals surface area contributed by atoms with Gasteiger partial charge in [-0.05, 0) is 45.6 Å². The van der Waals surface area contributed by atoms with Crippen LogP contribution in [0.2, 0.25) is 0 Å². The molecule has 0 aliphatic carbocycles. The number of aliphatic carboxylic acids is 1. The highest BCUT2D eigenvalue weighted by atomic mass is 16.6. The monoisotopic (exact) mass is 314 g/mol. The lowest BCUT2D eigenvalue weighted by Gasteiger charge is -2.29. The standard InChI is InChI=1S/C16H30N2O4/c1-14(2,3)7-9-18-10-8-16(11-18,12(19)20)17-13(21)22-15(4,5)6/h7-11H2,1-6H3,(H,17,21)(H,19,20). The molecule has 128 valence electrons. The van der Waals surface area contributed by atoms with Gasteiger partial charge < -0.3 is 20.1 Å². The minimum Gasteiger partial charge on any atom is -0.479 e. The van der Waals surface area contributed by atoms with E-state index in [1.165, 1.54) is 0 Å². The smallest absolute Gasteiger partial charge is 0.408 e. The normalized spacial score (nSPS) is 23.4. The Morgan fingerprint density at radius 3 is 2.27 bits per heavy atom. The summed E-state index contributed by atoms with van der Waals surface area (Å²) in [7, 11) is 0. The summed E-state index contributed by atoms with van der Waals surface area (Å²) in [6.07, 6.45) is 0.702. The summed E-state index contributed by atoms with van der Waals surface area (Å²) in [5, 5.41) is 12.1. The molecule has 1 aliphatic rings. The van der Waals surface area contributed by atoms with Gasteiger partial charge in [0, 0.05) is 13.1 Å². The van der Waals surface area contributed by atoms with Gasteiger partial charge in [-0.25, -0.2) is 9.59 Å². The van der Waals surface area contributed by atoms with Gasteiger partial charge in [-0.3, -0.25) is 0 Å². The average molecular weight is 314 g/mol. The topological polar surface area (TPSA) is 78.9 Å². The van der Waals surface area contributed by atoms with E-state index < -0.39 is 23.2 Å². The Bertz CT molecular complexity index is 423. The molecule has 1 unspecified atom stereocenters. The number of hydrogen-bond acceptors (Lipinski definition) is 4. The summed E-state index contributed by atoms with van der Waals surface area (Å²) in [6, 6.07) is 0. The van der Waals surface area contributed by atoms with Crippen LogP contribution in [0.3, 0.4) is 0 Å². The molecule has 1 heterocycles. The van der Waals surface area contributed by atoms with Crippen LogP contribution in [-0.4, -0.2) is 52.8 Å². The first kappa shape index (κ1) is 18.7. The fourth-order valence-corrected chi connectivity index (χ4v) is 2.40. The van der Waals surface area contributed by atoms with Crippen LogP contribution in [0.5, 0.6) is 0 Å². The number of nitrogens with zero attached hydrogens (tertiary/aromatic N) is 1. The Morgan fingerprint density at radius 2 is 1.82 bits per heavy atom. The van der Waals surface area contributed by atoms with Gasteiger partial charge in [0.25, 0.3) is 0 Å². The van der Waals surface area contributed by atoms with E-state index in [0.29, 0.717) is 19.5 Å². The first-order valence-corrected chi connectivity index (χ1v) is 7.80. The van der Waals surface area contributed by atoms with Gasteiger partial charge >= 0.3 is 12.1 Å². The number of carbonyl (C=O) groups excluding carboxylic acids is 1. The molecule has 1 amide bonds. The van der Waals surface area contributed by atoms with E-state index in [2.05, 4.69) is 31.0 Å². The molecule has 1 rings (SSSR count). The molecule has 0 radical (unpaired) electrons. The van der Waals surface area contributed by atoms with Crippen molar-refractivity contribution in [1.82, 2.24) is 10.2 Å². The van der Waals surface area contributed by atoms with Crippen molar-refractivity contribution in [2.24, 2.45) is 5.41 Å². The Kier molecular flexibility index (Phi) is 5.49. The minimum atomic E-state index is -1.25. The number of hydrogen-bond donors (Lipinski definition) is 2. The molecule has 6 heteroatoms. The Balaban J connectivity index is 2.67. The summed E-state index contributed by atoms with van der Waals surface area (Å²) < 4.78 is 5.19. The number of ether oxygens (including phenoxy) is 1. The molecule has 1 atom stereocenters. The van der Waals surface area contributed by atoms with Crippen molar-refractivity contribution in [2.45, 2.75) is 65.5 Å². The van der Waals surface area contributed by atoms with Crippen molar-refractivity contribution in [1.29, 1.82) is 0 Å². The molecule has 0 spiro atoms. The molecule has 0 aromatic heterocycles. The van der Waals surface area contributed by atoms with Crippen LogP contribution in [0.25, 0.3) is 0 Å². The van der Waals surface area contributed by atoms with Crippen LogP contribution in [0.15, 0.2) is 0 Å². The molecular formula is C16H30N2O4. The molecule has 0 saturated carbocycles. The molecule has 0 aromatic carbocycles. The highest BCUT2D eigenvalue weighted by Crippen LogP contribution is 2.26. The third-order valence-electron chi connectivity index (χ3n) is 3.68. The van der Waals surface area contributed by atoms with Crippen LogP contribution in [0, 0.1) is 5.41 Å². The van der Waals surface area contributed by atoms with Gasteiger partial charge in [-0.15, -0.1) is 0 Å². The van der Waals surface area contributed by atoms with Gasteiger partial charge in [-0.1, -0.05) is 20.8 Å². The number of nitrogens with one attached hydrogen (secondary N) is 1. The largest absolute Gasteiger partial charge is 0.479 e. The van der Waals surface area contributed by atoms with Gasteiger partial charge in [-0.2, -0.15) is 0 Å². The van der Waals surface area contributed by atoms with Crippen LogP contribution in [-0.2, 0) is 9.53 Å². The number of carboxylic acids is 1. The van der Waals surface area contributed by atoms with E-state index in [1.54, 1.807) is 20.8 Å². The summed E-state index contributed by atoms with van der Waals surface area (Å²) >= 11 is 0. The first-order chi connectivity index (χ1) is 9.83. The van der Waals surface area contributed by atoms with E-state index in [-0.39, 0.29) is 5.41 Å². The van der Waals surface area contributed by atoms with Crippen LogP contribution < -0.4 is 5.32 Å². The molecule has 0 aromatic rings. The number of alkyl carbamates (subject to hydrolysis) is 1. The van der Waals surface area contributed by atoms with Gasteiger partial charge in [0.1, 0.15) is 5.60 Å². The van der Waals surface area contributed by atoms with Gasteiger partial charge in [0.2, 0.25) is 0 Å². The van der Waals surface area contributed by atoms with Gasteiger partial charge in [0.15, 0.2) is 5.54 Å². The SMILES string of the molecule is CC(C)(C)CCN1CCC(NC(=O)OC(C)(C)C)(C(=O)O)C1. The highest BCUT2D eigenvalue weighted by molar-refractivity contribution is 5.85. The van der Waals surface area contributed by atoms with E-state index >= 15 is 0 Å². The summed E-state index contributed by atoms with van der Waals surface area (Å²) in [4.78, 5) is 25.7. The number of carboxylic acid groups (broad SMARTS) is 1. The minimum absolute atomic E-state index is 0.201. The maximum absolute atomic E-state index is 11.9. The van der Waals surface area contributed by atoms with E-state index in [0.717, 1.165) is 13.0 Å². The Hall–Kier alpha value is -1.30. The van der Waals surface area contributed by atoms with E-state index in [1.807, 2.05) is 0 Å². The van der Waals surface area contributed by atoms with Crippen molar-refractivity contribution in [3.63, 3.8) is 0 Å². The predicted molar refractivity (Wildman–Crippen MR) is 84.9 cm³/mol. The lowest BCUT2D eigenvalue weighted by molar-refractivity contribution is -0.144. The molecule has 2 N–H and O–H groups in total. The quantitative estimate of drug-likeness (QED) is 0.833. The number of amides is 1. The van der Waals surface area contributed by atoms with Crippen molar-refractivity contribution in [3.05, 3.63) is 0 Å². The van der Waals surface area contributed by atoms with Crippen molar-refractivity contribution >= 4 is 12.1 Å². The molecule has 0 bridgehead atoms. The van der Waals surface area contributed by atoms with Crippen LogP contribution >= 0.6 is 0 Å². The Morgan fingerprint density at radius 1 is 1.23 bits per heavy atom. The summed E-state index contributed by atoms with van der Waals surface area (Å²) in [5.74, 6) is -1.00. The molecular weight excluding hydrogens is 284 g/mol. The molecule has 6 nitrogen and oxygen atoms in total. The zero-order valence-electron chi connectivity index (χ0n) is 14.7. The lowest BCUT2D eigenvalue weighted by atomic mass is 9.92. The number of carbonyl (C=O) groups is 2. The molecule has 1 fully saturated rings. The van der Waals surface area contributed by atoms with E-state index in [9.17, 15) is 14.7 Å². The van der Waals surface area contributed by atoms with Crippen molar-refractivity contribution in [2.75, 3.05) is 19.6 Å². The first-order valence-electron chi connectivity index (χ1n) is 7.80. The van der Waals surface area contributed by atoms with Gasteiger partial charge in [0.05, 0.1) is 0 Å². The molecule has 22 heavy (non-hydrogen) atoms. The summed E-state index contributed by atoms with van der Waals surface area (Å²) in [5.41, 5.74) is -1.69. The van der Waals surface area contributed by atoms with Crippen molar-refractivity contribution < 1.29 is 19.4 Å². The maximum atomic E-state index is 11.9. The third-order valence-corrected chi connectivity index (χ3v) is 3.68. The number of likely N-dealkylation sites (tertiary alicyclic amines) is 1. The lowest BCUT2D eigenvalue weighted by Crippen LogP contribution is -2.57. The average Bonchev–Trinajstić information content (AvgIpc) is 2.67. The second-order valence-corrected chi connectivity index (χ2v) is 8.35. The highest BCUT2D eigenvalue weighted by Gasteiger charge is 2.46. The molecule has 1 saturated heterocycles. The van der Waals surface area contributed by atoms with Crippen LogP contribution in [0.1, 0.15) is 54.4 Å². The number of rotatable bonds is 4. The Labute approximate surface area is 133 Å². The third kappa shape index (κ3) is 5.83. The predicted octanol–water partition coefficient (Wildman–Crippen LogP) is 2.48. The van der Waals surface area contributed by atoms with E-state index in [4.69, 9.17) is 4.74 Å². The second-order valence-electron chi connectivity index (χ2n) is 8.35.